The summed E-state index contributed by atoms with van der Waals surface area (Å²) in [5.41, 5.74) is 7.35. The molecule has 1 N–H and O–H groups in total. The number of fused-ring (bicyclic) bond motifs is 5. The Morgan fingerprint density at radius 3 is 2.71 bits per heavy atom. The summed E-state index contributed by atoms with van der Waals surface area (Å²) >= 11 is 1.85. The molecule has 0 radical (unpaired) electrons. The van der Waals surface area contributed by atoms with E-state index in [2.05, 4.69) is 28.2 Å². The van der Waals surface area contributed by atoms with E-state index in [0.717, 1.165) is 40.9 Å². The standard InChI is InChI=1S/C29H28FN3OS/c1-18-12-13-24(19(2)15-18)31-29(34)33-17-23-22-9-3-4-11-26(22)35-28(23)32-14-6-10-25(32)27(33)20-7-5-8-21(30)16-20/h5-8,10,12-16,27H,3-4,9,11,17H2,1-2H3,(H,31,34). The molecule has 2 aliphatic rings. The minimum atomic E-state index is -0.412. The molecule has 6 heteroatoms. The van der Waals surface area contributed by atoms with Gasteiger partial charge >= 0.3 is 6.03 Å². The first kappa shape index (κ1) is 22.1. The van der Waals surface area contributed by atoms with E-state index in [9.17, 15) is 9.18 Å². The normalized spacial score (nSPS) is 16.8. The number of anilines is 1. The number of urea groups is 1. The lowest BCUT2D eigenvalue weighted by Crippen LogP contribution is -2.38. The SMILES string of the molecule is Cc1ccc(NC(=O)N2Cc3c(sc4c3CCCC4)-n3cccc3C2c2cccc(F)c2)c(C)c1. The van der Waals surface area contributed by atoms with Crippen molar-refractivity contribution in [2.45, 2.75) is 52.1 Å². The topological polar surface area (TPSA) is 37.3 Å². The average Bonchev–Trinajstić information content (AvgIpc) is 3.42. The molecule has 3 heterocycles. The number of hydrogen-bond acceptors (Lipinski definition) is 2. The number of thiophene rings is 1. The fourth-order valence-electron chi connectivity index (χ4n) is 5.55. The van der Waals surface area contributed by atoms with Gasteiger partial charge in [0.05, 0.1) is 18.3 Å². The molecule has 0 spiro atoms. The van der Waals surface area contributed by atoms with Gasteiger partial charge in [-0.2, -0.15) is 0 Å². The van der Waals surface area contributed by atoms with E-state index in [1.165, 1.54) is 39.9 Å². The molecule has 0 saturated carbocycles. The van der Waals surface area contributed by atoms with Crippen LogP contribution in [0.2, 0.25) is 0 Å². The highest BCUT2D eigenvalue weighted by molar-refractivity contribution is 7.15. The first-order valence-electron chi connectivity index (χ1n) is 12.2. The van der Waals surface area contributed by atoms with Gasteiger partial charge in [0.1, 0.15) is 10.8 Å². The quantitative estimate of drug-likeness (QED) is 0.318. The number of carbonyl (C=O) groups is 1. The van der Waals surface area contributed by atoms with Gasteiger partial charge in [0.25, 0.3) is 0 Å². The van der Waals surface area contributed by atoms with Crippen LogP contribution in [0.4, 0.5) is 14.9 Å². The van der Waals surface area contributed by atoms with Crippen LogP contribution in [-0.2, 0) is 19.4 Å². The van der Waals surface area contributed by atoms with Crippen molar-refractivity contribution < 1.29 is 9.18 Å². The lowest BCUT2D eigenvalue weighted by molar-refractivity contribution is 0.194. The summed E-state index contributed by atoms with van der Waals surface area (Å²) in [5.74, 6) is -0.299. The van der Waals surface area contributed by atoms with Crippen LogP contribution in [0.25, 0.3) is 5.00 Å². The molecule has 35 heavy (non-hydrogen) atoms. The van der Waals surface area contributed by atoms with Crippen LogP contribution >= 0.6 is 11.3 Å². The van der Waals surface area contributed by atoms with Crippen molar-refractivity contribution in [3.05, 3.63) is 105 Å². The van der Waals surface area contributed by atoms with E-state index in [4.69, 9.17) is 0 Å². The predicted molar refractivity (Wildman–Crippen MR) is 139 cm³/mol. The number of benzene rings is 2. The number of amides is 2. The Morgan fingerprint density at radius 1 is 1.03 bits per heavy atom. The molecular formula is C29H28FN3OS. The second kappa shape index (κ2) is 8.68. The molecule has 4 aromatic rings. The summed E-state index contributed by atoms with van der Waals surface area (Å²) < 4.78 is 16.6. The van der Waals surface area contributed by atoms with Crippen molar-refractivity contribution in [2.24, 2.45) is 0 Å². The van der Waals surface area contributed by atoms with Gasteiger partial charge in [0, 0.05) is 22.3 Å². The number of rotatable bonds is 2. The Kier molecular flexibility index (Phi) is 5.49. The number of hydrogen-bond donors (Lipinski definition) is 1. The molecule has 0 bridgehead atoms. The Hall–Kier alpha value is -3.38. The van der Waals surface area contributed by atoms with Crippen LogP contribution < -0.4 is 5.32 Å². The molecule has 6 rings (SSSR count). The number of aryl methyl sites for hydroxylation is 3. The summed E-state index contributed by atoms with van der Waals surface area (Å²) in [7, 11) is 0. The van der Waals surface area contributed by atoms with Crippen molar-refractivity contribution in [3.8, 4) is 5.00 Å². The number of aromatic nitrogens is 1. The van der Waals surface area contributed by atoms with E-state index < -0.39 is 6.04 Å². The molecule has 2 amide bonds. The number of halogens is 1. The molecule has 2 aromatic heterocycles. The lowest BCUT2D eigenvalue weighted by atomic mass is 9.95. The fraction of sp³-hybridized carbons (Fsp3) is 0.276. The summed E-state index contributed by atoms with van der Waals surface area (Å²) in [6.45, 7) is 4.54. The zero-order valence-corrected chi connectivity index (χ0v) is 20.8. The maximum absolute atomic E-state index is 14.4. The van der Waals surface area contributed by atoms with Gasteiger partial charge in [-0.25, -0.2) is 9.18 Å². The molecule has 1 unspecified atom stereocenters. The number of carbonyl (C=O) groups excluding carboxylic acids is 1. The summed E-state index contributed by atoms with van der Waals surface area (Å²) in [6, 6.07) is 16.2. The fourth-order valence-corrected chi connectivity index (χ4v) is 6.96. The lowest BCUT2D eigenvalue weighted by Gasteiger charge is -2.31. The van der Waals surface area contributed by atoms with Crippen molar-refractivity contribution >= 4 is 23.1 Å². The van der Waals surface area contributed by atoms with Gasteiger partial charge < -0.3 is 14.8 Å². The van der Waals surface area contributed by atoms with Crippen molar-refractivity contribution in [1.29, 1.82) is 0 Å². The first-order valence-corrected chi connectivity index (χ1v) is 13.0. The van der Waals surface area contributed by atoms with Gasteiger partial charge in [0.15, 0.2) is 0 Å². The first-order chi connectivity index (χ1) is 17.0. The van der Waals surface area contributed by atoms with Crippen LogP contribution in [0, 0.1) is 19.7 Å². The average molecular weight is 486 g/mol. The van der Waals surface area contributed by atoms with Crippen LogP contribution in [0.3, 0.4) is 0 Å². The maximum atomic E-state index is 14.4. The Balaban J connectivity index is 1.50. The molecule has 4 nitrogen and oxygen atoms in total. The monoisotopic (exact) mass is 485 g/mol. The third-order valence-corrected chi connectivity index (χ3v) is 8.56. The largest absolute Gasteiger partial charge is 0.322 e. The van der Waals surface area contributed by atoms with E-state index in [-0.39, 0.29) is 11.8 Å². The van der Waals surface area contributed by atoms with Gasteiger partial charge in [-0.1, -0.05) is 29.8 Å². The van der Waals surface area contributed by atoms with E-state index in [1.54, 1.807) is 12.1 Å². The summed E-state index contributed by atoms with van der Waals surface area (Å²) in [5, 5.41) is 4.36. The molecule has 2 aromatic carbocycles. The van der Waals surface area contributed by atoms with Gasteiger partial charge in [0.2, 0.25) is 0 Å². The van der Waals surface area contributed by atoms with Gasteiger partial charge in [-0.05, 0) is 86.6 Å². The van der Waals surface area contributed by atoms with Crippen molar-refractivity contribution in [2.75, 3.05) is 5.32 Å². The zero-order chi connectivity index (χ0) is 24.1. The van der Waals surface area contributed by atoms with Gasteiger partial charge in [-0.3, -0.25) is 0 Å². The highest BCUT2D eigenvalue weighted by Gasteiger charge is 2.36. The maximum Gasteiger partial charge on any atom is 0.322 e. The second-order valence-electron chi connectivity index (χ2n) is 9.63. The molecule has 0 saturated heterocycles. The second-order valence-corrected chi connectivity index (χ2v) is 10.7. The minimum Gasteiger partial charge on any atom is -0.310 e. The summed E-state index contributed by atoms with van der Waals surface area (Å²) in [6.07, 6.45) is 6.62. The number of nitrogens with zero attached hydrogens (tertiary/aromatic N) is 2. The van der Waals surface area contributed by atoms with E-state index >= 15 is 0 Å². The molecule has 0 fully saturated rings. The minimum absolute atomic E-state index is 0.178. The molecule has 1 aliphatic carbocycles. The molecule has 178 valence electrons. The van der Waals surface area contributed by atoms with Crippen LogP contribution in [-0.4, -0.2) is 15.5 Å². The Bertz CT molecular complexity index is 1440. The van der Waals surface area contributed by atoms with Crippen LogP contribution in [0.5, 0.6) is 0 Å². The van der Waals surface area contributed by atoms with Crippen molar-refractivity contribution in [1.82, 2.24) is 9.47 Å². The van der Waals surface area contributed by atoms with Gasteiger partial charge in [-0.15, -0.1) is 11.3 Å². The highest BCUT2D eigenvalue weighted by Crippen LogP contribution is 2.44. The smallest absolute Gasteiger partial charge is 0.310 e. The van der Waals surface area contributed by atoms with Crippen LogP contribution in [0.15, 0.2) is 60.8 Å². The Labute approximate surface area is 209 Å². The molecular weight excluding hydrogens is 457 g/mol. The molecule has 1 aliphatic heterocycles. The Morgan fingerprint density at radius 2 is 1.89 bits per heavy atom. The summed E-state index contributed by atoms with van der Waals surface area (Å²) in [4.78, 5) is 17.3. The third-order valence-electron chi connectivity index (χ3n) is 7.23. The van der Waals surface area contributed by atoms with E-state index in [0.29, 0.717) is 6.54 Å². The molecule has 1 atom stereocenters. The van der Waals surface area contributed by atoms with Crippen LogP contribution in [0.1, 0.15) is 57.3 Å². The highest BCUT2D eigenvalue weighted by atomic mass is 32.1. The number of nitrogens with one attached hydrogen (secondary N) is 1. The predicted octanol–water partition coefficient (Wildman–Crippen LogP) is 7.31. The van der Waals surface area contributed by atoms with E-state index in [1.807, 2.05) is 54.3 Å². The third kappa shape index (κ3) is 3.86. The van der Waals surface area contributed by atoms with Crippen molar-refractivity contribution in [3.63, 3.8) is 0 Å². The zero-order valence-electron chi connectivity index (χ0n) is 20.0.